The molecule has 0 saturated carbocycles. The lowest BCUT2D eigenvalue weighted by Crippen LogP contribution is -2.35. The van der Waals surface area contributed by atoms with Gasteiger partial charge >= 0.3 is 0 Å². The highest BCUT2D eigenvalue weighted by molar-refractivity contribution is 5.81. The molecule has 0 spiro atoms. The quantitative estimate of drug-likeness (QED) is 0.777. The Morgan fingerprint density at radius 2 is 2.15 bits per heavy atom. The molecule has 7 heteroatoms. The molecule has 0 unspecified atom stereocenters. The number of nitrogens with one attached hydrogen (secondary N) is 3. The van der Waals surface area contributed by atoms with Crippen LogP contribution in [0.4, 0.5) is 0 Å². The number of hydrogen-bond acceptors (Lipinski definition) is 4. The van der Waals surface area contributed by atoms with Gasteiger partial charge in [0, 0.05) is 5.41 Å². The summed E-state index contributed by atoms with van der Waals surface area (Å²) < 4.78 is 5.16. The Hall–Kier alpha value is -2.31. The summed E-state index contributed by atoms with van der Waals surface area (Å²) in [6.45, 7) is 5.52. The predicted molar refractivity (Wildman–Crippen MR) is 74.6 cm³/mol. The Balaban J connectivity index is 2.36. The second-order valence-corrected chi connectivity index (χ2v) is 5.52. The van der Waals surface area contributed by atoms with Crippen molar-refractivity contribution in [3.63, 3.8) is 0 Å². The molecule has 2 aromatic rings. The number of imidazole rings is 1. The van der Waals surface area contributed by atoms with Crippen LogP contribution in [-0.2, 0) is 11.3 Å². The standard InChI is InChI=1S/C13H18N4O3/c1-13(2,3)12(19)14-5-7-9(18)8-10(16-6-15-8)17-11(7)20-4/h6H,5H2,1-4H3,(H,14,19)(H2,15,16,17,18). The van der Waals surface area contributed by atoms with Crippen molar-refractivity contribution in [3.8, 4) is 5.88 Å². The van der Waals surface area contributed by atoms with Crippen molar-refractivity contribution in [1.82, 2.24) is 20.3 Å². The van der Waals surface area contributed by atoms with Crippen LogP contribution in [0.15, 0.2) is 11.1 Å². The van der Waals surface area contributed by atoms with Crippen LogP contribution in [-0.4, -0.2) is 28.0 Å². The van der Waals surface area contributed by atoms with Crippen LogP contribution in [0, 0.1) is 5.41 Å². The highest BCUT2D eigenvalue weighted by Gasteiger charge is 2.22. The van der Waals surface area contributed by atoms with Gasteiger partial charge in [0.15, 0.2) is 5.65 Å². The van der Waals surface area contributed by atoms with Crippen molar-refractivity contribution in [3.05, 3.63) is 22.1 Å². The number of H-pyrrole nitrogens is 2. The van der Waals surface area contributed by atoms with E-state index < -0.39 is 5.41 Å². The zero-order valence-electron chi connectivity index (χ0n) is 12.0. The third kappa shape index (κ3) is 2.52. The molecule has 2 rings (SSSR count). The van der Waals surface area contributed by atoms with Crippen molar-refractivity contribution in [2.45, 2.75) is 27.3 Å². The number of carbonyl (C=O) groups is 1. The van der Waals surface area contributed by atoms with E-state index in [9.17, 15) is 9.59 Å². The van der Waals surface area contributed by atoms with E-state index in [1.54, 1.807) is 0 Å². The van der Waals surface area contributed by atoms with Crippen molar-refractivity contribution < 1.29 is 9.53 Å². The van der Waals surface area contributed by atoms with Gasteiger partial charge < -0.3 is 20.0 Å². The lowest BCUT2D eigenvalue weighted by molar-refractivity contribution is -0.128. The molecule has 0 aliphatic rings. The molecule has 0 radical (unpaired) electrons. The van der Waals surface area contributed by atoms with Crippen molar-refractivity contribution in [2.24, 2.45) is 5.41 Å². The van der Waals surface area contributed by atoms with Gasteiger partial charge in [-0.15, -0.1) is 0 Å². The first-order valence-corrected chi connectivity index (χ1v) is 6.25. The van der Waals surface area contributed by atoms with E-state index in [2.05, 4.69) is 20.3 Å². The fourth-order valence-electron chi connectivity index (χ4n) is 1.77. The van der Waals surface area contributed by atoms with E-state index in [1.807, 2.05) is 20.8 Å². The molecular formula is C13H18N4O3. The first-order chi connectivity index (χ1) is 9.34. The van der Waals surface area contributed by atoms with Crippen molar-refractivity contribution in [2.75, 3.05) is 7.11 Å². The van der Waals surface area contributed by atoms with Gasteiger partial charge in [-0.25, -0.2) is 4.98 Å². The number of fused-ring (bicyclic) bond motifs is 1. The highest BCUT2D eigenvalue weighted by Crippen LogP contribution is 2.16. The Kier molecular flexibility index (Phi) is 3.52. The van der Waals surface area contributed by atoms with E-state index >= 15 is 0 Å². The number of methoxy groups -OCH3 is 1. The maximum absolute atomic E-state index is 12.3. The summed E-state index contributed by atoms with van der Waals surface area (Å²) in [6, 6.07) is 0. The Morgan fingerprint density at radius 3 is 2.75 bits per heavy atom. The van der Waals surface area contributed by atoms with Gasteiger partial charge in [-0.2, -0.15) is 0 Å². The summed E-state index contributed by atoms with van der Waals surface area (Å²) in [5, 5.41) is 2.74. The number of hydrogen-bond donors (Lipinski definition) is 3. The van der Waals surface area contributed by atoms with Crippen LogP contribution in [0.5, 0.6) is 5.88 Å². The molecule has 0 fully saturated rings. The van der Waals surface area contributed by atoms with Gasteiger partial charge in [0.1, 0.15) is 5.52 Å². The lowest BCUT2D eigenvalue weighted by Gasteiger charge is -2.18. The van der Waals surface area contributed by atoms with Crippen LogP contribution in [0.3, 0.4) is 0 Å². The molecule has 0 atom stereocenters. The normalized spacial score (nSPS) is 11.6. The third-order valence-corrected chi connectivity index (χ3v) is 2.96. The van der Waals surface area contributed by atoms with Crippen molar-refractivity contribution in [1.29, 1.82) is 0 Å². The van der Waals surface area contributed by atoms with Gasteiger partial charge in [0.05, 0.1) is 25.5 Å². The molecule has 0 bridgehead atoms. The number of amides is 1. The van der Waals surface area contributed by atoms with Crippen LogP contribution in [0.25, 0.3) is 11.2 Å². The fraction of sp³-hybridized carbons (Fsp3) is 0.462. The number of pyridine rings is 1. The summed E-state index contributed by atoms with van der Waals surface area (Å²) in [5.74, 6) is 0.174. The molecule has 0 aromatic carbocycles. The maximum atomic E-state index is 12.3. The average Bonchev–Trinajstić information content (AvgIpc) is 2.84. The number of aromatic amines is 2. The third-order valence-electron chi connectivity index (χ3n) is 2.96. The second-order valence-electron chi connectivity index (χ2n) is 5.52. The van der Waals surface area contributed by atoms with Gasteiger partial charge in [-0.1, -0.05) is 20.8 Å². The van der Waals surface area contributed by atoms with E-state index in [0.29, 0.717) is 22.6 Å². The van der Waals surface area contributed by atoms with E-state index in [-0.39, 0.29) is 17.9 Å². The van der Waals surface area contributed by atoms with Gasteiger partial charge in [-0.3, -0.25) is 9.59 Å². The summed E-state index contributed by atoms with van der Waals surface area (Å²) >= 11 is 0. The van der Waals surface area contributed by atoms with Crippen LogP contribution >= 0.6 is 0 Å². The second kappa shape index (κ2) is 4.99. The topological polar surface area (TPSA) is 99.9 Å². The van der Waals surface area contributed by atoms with Crippen molar-refractivity contribution >= 4 is 17.1 Å². The minimum absolute atomic E-state index is 0.101. The molecule has 0 aliphatic heterocycles. The highest BCUT2D eigenvalue weighted by atomic mass is 16.5. The van der Waals surface area contributed by atoms with E-state index in [1.165, 1.54) is 13.4 Å². The largest absolute Gasteiger partial charge is 0.482 e. The monoisotopic (exact) mass is 278 g/mol. The molecule has 0 aliphatic carbocycles. The Labute approximate surface area is 115 Å². The molecular weight excluding hydrogens is 260 g/mol. The minimum Gasteiger partial charge on any atom is -0.482 e. The van der Waals surface area contributed by atoms with E-state index in [0.717, 1.165) is 0 Å². The molecule has 1 amide bonds. The first-order valence-electron chi connectivity index (χ1n) is 6.25. The maximum Gasteiger partial charge on any atom is 0.225 e. The number of rotatable bonds is 3. The zero-order valence-corrected chi connectivity index (χ0v) is 12.0. The summed E-state index contributed by atoms with van der Waals surface area (Å²) in [7, 11) is 1.46. The van der Waals surface area contributed by atoms with Crippen LogP contribution < -0.4 is 15.5 Å². The smallest absolute Gasteiger partial charge is 0.225 e. The Morgan fingerprint density at radius 1 is 1.45 bits per heavy atom. The molecule has 0 saturated heterocycles. The number of aromatic nitrogens is 3. The summed E-state index contributed by atoms with van der Waals surface area (Å²) in [5.41, 5.74) is 0.408. The van der Waals surface area contributed by atoms with Gasteiger partial charge in [0.2, 0.25) is 17.2 Å². The van der Waals surface area contributed by atoms with Crippen LogP contribution in [0.1, 0.15) is 26.3 Å². The molecule has 2 heterocycles. The molecule has 20 heavy (non-hydrogen) atoms. The van der Waals surface area contributed by atoms with Crippen LogP contribution in [0.2, 0.25) is 0 Å². The summed E-state index contributed by atoms with van der Waals surface area (Å²) in [6.07, 6.45) is 1.43. The zero-order chi connectivity index (χ0) is 14.9. The Bertz CT molecular complexity index is 694. The molecule has 7 nitrogen and oxygen atoms in total. The molecule has 108 valence electrons. The number of nitrogens with zero attached hydrogens (tertiary/aromatic N) is 1. The number of ether oxygens (including phenoxy) is 1. The molecule has 2 aromatic heterocycles. The average molecular weight is 278 g/mol. The van der Waals surface area contributed by atoms with E-state index in [4.69, 9.17) is 4.74 Å². The van der Waals surface area contributed by atoms with Gasteiger partial charge in [-0.05, 0) is 0 Å². The minimum atomic E-state index is -0.516. The number of carbonyl (C=O) groups excluding carboxylic acids is 1. The lowest BCUT2D eigenvalue weighted by atomic mass is 9.95. The predicted octanol–water partition coefficient (Wildman–Crippen LogP) is 0.922. The molecule has 3 N–H and O–H groups in total. The fourth-order valence-corrected chi connectivity index (χ4v) is 1.77. The first kappa shape index (κ1) is 14.1. The summed E-state index contributed by atoms with van der Waals surface area (Å²) in [4.78, 5) is 33.9. The van der Waals surface area contributed by atoms with Gasteiger partial charge in [0.25, 0.3) is 0 Å². The SMILES string of the molecule is COc1[nH]c2nc[nH]c2c(=O)c1CNC(=O)C(C)(C)C.